The molecule has 1 aromatic rings. The lowest BCUT2D eigenvalue weighted by Crippen LogP contribution is -2.42. The van der Waals surface area contributed by atoms with Crippen LogP contribution in [-0.2, 0) is 4.74 Å². The zero-order valence-corrected chi connectivity index (χ0v) is 9.51. The first-order valence-electron chi connectivity index (χ1n) is 4.53. The molecule has 0 radical (unpaired) electrons. The summed E-state index contributed by atoms with van der Waals surface area (Å²) in [5.74, 6) is 0.820. The van der Waals surface area contributed by atoms with E-state index in [1.165, 1.54) is 6.33 Å². The Morgan fingerprint density at radius 2 is 2.47 bits per heavy atom. The van der Waals surface area contributed by atoms with Crippen LogP contribution in [0.1, 0.15) is 0 Å². The van der Waals surface area contributed by atoms with Gasteiger partial charge in [0.15, 0.2) is 6.10 Å². The lowest BCUT2D eigenvalue weighted by atomic mass is 10.3. The summed E-state index contributed by atoms with van der Waals surface area (Å²) in [4.78, 5) is 10.1. The molecule has 0 aromatic carbocycles. The molecule has 0 bridgehead atoms. The Balaban J connectivity index is 2.14. The number of aromatic nitrogens is 2. The minimum Gasteiger partial charge on any atom is -0.360 e. The summed E-state index contributed by atoms with van der Waals surface area (Å²) < 4.78 is 5.99. The van der Waals surface area contributed by atoms with Gasteiger partial charge in [0.25, 0.3) is 0 Å². The van der Waals surface area contributed by atoms with Crippen molar-refractivity contribution >= 4 is 21.7 Å². The number of nitriles is 1. The van der Waals surface area contributed by atoms with Crippen molar-refractivity contribution in [3.05, 3.63) is 17.0 Å². The van der Waals surface area contributed by atoms with E-state index in [9.17, 15) is 0 Å². The number of anilines is 1. The van der Waals surface area contributed by atoms with Crippen LogP contribution in [0, 0.1) is 11.3 Å². The summed E-state index contributed by atoms with van der Waals surface area (Å²) >= 11 is 3.29. The molecule has 1 aliphatic rings. The smallest absolute Gasteiger partial charge is 0.161 e. The molecule has 0 saturated carbocycles. The molecule has 2 heterocycles. The van der Waals surface area contributed by atoms with Gasteiger partial charge in [-0.2, -0.15) is 5.26 Å². The van der Waals surface area contributed by atoms with E-state index in [1.54, 1.807) is 0 Å². The predicted molar refractivity (Wildman–Crippen MR) is 57.3 cm³/mol. The summed E-state index contributed by atoms with van der Waals surface area (Å²) in [7, 11) is 0. The molecule has 78 valence electrons. The molecule has 0 aliphatic carbocycles. The molecule has 0 N–H and O–H groups in total. The van der Waals surface area contributed by atoms with Crippen LogP contribution in [0.25, 0.3) is 0 Å². The van der Waals surface area contributed by atoms with Gasteiger partial charge in [-0.3, -0.25) is 0 Å². The Labute approximate surface area is 95.8 Å². The Kier molecular flexibility index (Phi) is 3.14. The van der Waals surface area contributed by atoms with Gasteiger partial charge in [0.2, 0.25) is 0 Å². The van der Waals surface area contributed by atoms with Gasteiger partial charge in [0.1, 0.15) is 16.7 Å². The Hall–Kier alpha value is -1.19. The highest BCUT2D eigenvalue weighted by atomic mass is 79.9. The molecule has 5 nitrogen and oxygen atoms in total. The molecule has 1 atom stereocenters. The fourth-order valence-corrected chi connectivity index (χ4v) is 1.73. The zero-order valence-electron chi connectivity index (χ0n) is 7.93. The first-order valence-corrected chi connectivity index (χ1v) is 5.32. The van der Waals surface area contributed by atoms with E-state index >= 15 is 0 Å². The maximum Gasteiger partial charge on any atom is 0.161 e. The van der Waals surface area contributed by atoms with Gasteiger partial charge in [-0.1, -0.05) is 0 Å². The molecule has 0 spiro atoms. The van der Waals surface area contributed by atoms with Gasteiger partial charge < -0.3 is 9.64 Å². The van der Waals surface area contributed by atoms with Crippen LogP contribution in [0.15, 0.2) is 17.0 Å². The quantitative estimate of drug-likeness (QED) is 0.711. The first kappa shape index (κ1) is 10.3. The van der Waals surface area contributed by atoms with Crippen LogP contribution < -0.4 is 4.90 Å². The zero-order chi connectivity index (χ0) is 10.7. The van der Waals surface area contributed by atoms with Crippen LogP contribution in [0.4, 0.5) is 5.82 Å². The molecular weight excluding hydrogens is 260 g/mol. The van der Waals surface area contributed by atoms with E-state index in [0.29, 0.717) is 13.2 Å². The average molecular weight is 269 g/mol. The lowest BCUT2D eigenvalue weighted by Gasteiger charge is -2.30. The number of ether oxygens (including phenoxy) is 1. The van der Waals surface area contributed by atoms with Crippen molar-refractivity contribution in [3.8, 4) is 6.07 Å². The fraction of sp³-hybridized carbons (Fsp3) is 0.444. The second kappa shape index (κ2) is 4.55. The normalized spacial score (nSPS) is 21.1. The maximum absolute atomic E-state index is 8.77. The largest absolute Gasteiger partial charge is 0.360 e. The summed E-state index contributed by atoms with van der Waals surface area (Å²) in [5, 5.41) is 8.77. The first-order chi connectivity index (χ1) is 7.29. The van der Waals surface area contributed by atoms with Crippen molar-refractivity contribution in [2.45, 2.75) is 6.10 Å². The average Bonchev–Trinajstić information content (AvgIpc) is 2.29. The summed E-state index contributed by atoms with van der Waals surface area (Å²) in [6.07, 6.45) is 1.13. The molecule has 1 aliphatic heterocycles. The number of hydrogen-bond donors (Lipinski definition) is 0. The van der Waals surface area contributed by atoms with E-state index in [1.807, 2.05) is 11.0 Å². The Bertz CT molecular complexity index is 392. The van der Waals surface area contributed by atoms with Gasteiger partial charge in [0, 0.05) is 12.6 Å². The highest BCUT2D eigenvalue weighted by molar-refractivity contribution is 9.10. The SMILES string of the molecule is N#CC1CN(c2cc(Br)ncn2)CCO1. The van der Waals surface area contributed by atoms with Gasteiger partial charge in [-0.25, -0.2) is 9.97 Å². The van der Waals surface area contributed by atoms with Crippen molar-refractivity contribution in [2.24, 2.45) is 0 Å². The van der Waals surface area contributed by atoms with Crippen molar-refractivity contribution in [2.75, 3.05) is 24.6 Å². The van der Waals surface area contributed by atoms with Crippen LogP contribution in [0.3, 0.4) is 0 Å². The molecule has 1 saturated heterocycles. The third-order valence-electron chi connectivity index (χ3n) is 2.15. The van der Waals surface area contributed by atoms with Crippen LogP contribution in [-0.4, -0.2) is 35.8 Å². The van der Waals surface area contributed by atoms with Crippen LogP contribution >= 0.6 is 15.9 Å². The number of morpholine rings is 1. The molecule has 6 heteroatoms. The monoisotopic (exact) mass is 268 g/mol. The second-order valence-corrected chi connectivity index (χ2v) is 3.95. The standard InChI is InChI=1S/C9H9BrN4O/c10-8-3-9(13-6-12-8)14-1-2-15-7(4-11)5-14/h3,6-7H,1-2,5H2. The molecule has 1 aromatic heterocycles. The van der Waals surface area contributed by atoms with E-state index in [4.69, 9.17) is 10.00 Å². The molecule has 2 rings (SSSR count). The minimum absolute atomic E-state index is 0.368. The van der Waals surface area contributed by atoms with Crippen molar-refractivity contribution < 1.29 is 4.74 Å². The third-order valence-corrected chi connectivity index (χ3v) is 2.59. The van der Waals surface area contributed by atoms with Gasteiger partial charge in [-0.05, 0) is 15.9 Å². The highest BCUT2D eigenvalue weighted by Gasteiger charge is 2.20. The van der Waals surface area contributed by atoms with Gasteiger partial charge >= 0.3 is 0 Å². The molecule has 1 unspecified atom stereocenters. The number of nitrogens with zero attached hydrogens (tertiary/aromatic N) is 4. The fourth-order valence-electron chi connectivity index (χ4n) is 1.43. The van der Waals surface area contributed by atoms with Crippen molar-refractivity contribution in [1.29, 1.82) is 5.26 Å². The predicted octanol–water partition coefficient (Wildman–Crippen LogP) is 0.968. The van der Waals surface area contributed by atoms with Crippen molar-refractivity contribution in [1.82, 2.24) is 9.97 Å². The maximum atomic E-state index is 8.77. The number of hydrogen-bond acceptors (Lipinski definition) is 5. The highest BCUT2D eigenvalue weighted by Crippen LogP contribution is 2.17. The minimum atomic E-state index is -0.368. The molecule has 15 heavy (non-hydrogen) atoms. The summed E-state index contributed by atoms with van der Waals surface area (Å²) in [6, 6.07) is 3.93. The lowest BCUT2D eigenvalue weighted by molar-refractivity contribution is 0.0761. The molecule has 0 amide bonds. The van der Waals surface area contributed by atoms with Gasteiger partial charge in [-0.15, -0.1) is 0 Å². The van der Waals surface area contributed by atoms with E-state index in [-0.39, 0.29) is 6.10 Å². The topological polar surface area (TPSA) is 62.0 Å². The molecular formula is C9H9BrN4O. The van der Waals surface area contributed by atoms with Crippen molar-refractivity contribution in [3.63, 3.8) is 0 Å². The van der Waals surface area contributed by atoms with E-state index in [0.717, 1.165) is 17.0 Å². The third kappa shape index (κ3) is 2.43. The number of rotatable bonds is 1. The number of halogens is 1. The van der Waals surface area contributed by atoms with E-state index < -0.39 is 0 Å². The molecule has 1 fully saturated rings. The second-order valence-electron chi connectivity index (χ2n) is 3.13. The Morgan fingerprint density at radius 3 is 3.20 bits per heavy atom. The Morgan fingerprint density at radius 1 is 1.60 bits per heavy atom. The van der Waals surface area contributed by atoms with Crippen LogP contribution in [0.5, 0.6) is 0 Å². The summed E-state index contributed by atoms with van der Waals surface area (Å²) in [6.45, 7) is 1.86. The van der Waals surface area contributed by atoms with E-state index in [2.05, 4.69) is 32.0 Å². The van der Waals surface area contributed by atoms with Gasteiger partial charge in [0.05, 0.1) is 19.2 Å². The van der Waals surface area contributed by atoms with Crippen LogP contribution in [0.2, 0.25) is 0 Å². The summed E-state index contributed by atoms with van der Waals surface area (Å²) in [5.41, 5.74) is 0.